The number of thiazole rings is 1. The normalized spacial score (nSPS) is 14.4. The zero-order chi connectivity index (χ0) is 22.7. The Bertz CT molecular complexity index is 1220. The molecule has 1 aromatic heterocycles. The number of carbonyl (C=O) groups excluding carboxylic acids is 1. The largest absolute Gasteiger partial charge is 0.495 e. The summed E-state index contributed by atoms with van der Waals surface area (Å²) in [5.41, 5.74) is 2.06. The van der Waals surface area contributed by atoms with Crippen LogP contribution < -0.4 is 14.8 Å². The van der Waals surface area contributed by atoms with Crippen molar-refractivity contribution in [3.8, 4) is 16.2 Å². The molecule has 4 rings (SSSR count). The average molecular weight is 472 g/mol. The van der Waals surface area contributed by atoms with Gasteiger partial charge in [-0.2, -0.15) is 0 Å². The second-order valence-electron chi connectivity index (χ2n) is 7.72. The van der Waals surface area contributed by atoms with E-state index in [-0.39, 0.29) is 22.3 Å². The topological polar surface area (TPSA) is 97.4 Å². The number of aryl methyl sites for hydroxylation is 1. The van der Waals surface area contributed by atoms with E-state index in [4.69, 9.17) is 4.74 Å². The van der Waals surface area contributed by atoms with Gasteiger partial charge in [-0.1, -0.05) is 54.5 Å². The molecule has 0 atom stereocenters. The summed E-state index contributed by atoms with van der Waals surface area (Å²) in [4.78, 5) is 18.3. The Hall–Kier alpha value is -2.75. The third-order valence-corrected chi connectivity index (χ3v) is 8.11. The Balaban J connectivity index is 1.57. The molecule has 1 saturated carbocycles. The molecule has 0 saturated heterocycles. The van der Waals surface area contributed by atoms with Gasteiger partial charge in [0.05, 0.1) is 17.7 Å². The molecule has 2 aromatic carbocycles. The van der Waals surface area contributed by atoms with Gasteiger partial charge < -0.3 is 4.74 Å². The smallest absolute Gasteiger partial charge is 0.257 e. The average Bonchev–Trinajstić information content (AvgIpc) is 3.42. The number of ether oxygens (including phenoxy) is 1. The molecule has 1 amide bonds. The standard InChI is InChI=1S/C23H25N3O4S2/c1-15-21(16-8-4-3-5-9-16)31-23(24-15)25-22(27)17-12-13-19(30-2)20(14-17)32(28,29)26-18-10-6-7-11-18/h3-5,8-9,12-14,18,26H,6-7,10-11H2,1-2H3,(H,24,25,27). The maximum atomic E-state index is 13.0. The van der Waals surface area contributed by atoms with E-state index in [2.05, 4.69) is 15.0 Å². The molecule has 7 nitrogen and oxygen atoms in total. The highest BCUT2D eigenvalue weighted by atomic mass is 32.2. The van der Waals surface area contributed by atoms with Crippen LogP contribution in [0.4, 0.5) is 5.13 Å². The van der Waals surface area contributed by atoms with Gasteiger partial charge in [-0.15, -0.1) is 0 Å². The van der Waals surface area contributed by atoms with E-state index in [1.54, 1.807) is 6.07 Å². The van der Waals surface area contributed by atoms with Crippen molar-refractivity contribution in [3.05, 3.63) is 59.8 Å². The van der Waals surface area contributed by atoms with Crippen LogP contribution in [-0.2, 0) is 10.0 Å². The van der Waals surface area contributed by atoms with Crippen LogP contribution in [0, 0.1) is 6.92 Å². The number of rotatable bonds is 7. The van der Waals surface area contributed by atoms with E-state index in [1.807, 2.05) is 37.3 Å². The van der Waals surface area contributed by atoms with Crippen molar-refractivity contribution in [2.45, 2.75) is 43.5 Å². The summed E-state index contributed by atoms with van der Waals surface area (Å²) in [5.74, 6) is -0.234. The summed E-state index contributed by atoms with van der Waals surface area (Å²) in [6, 6.07) is 14.1. The second kappa shape index (κ2) is 9.40. The number of anilines is 1. The molecule has 1 aliphatic rings. The molecule has 168 valence electrons. The number of carbonyl (C=O) groups is 1. The van der Waals surface area contributed by atoms with Gasteiger partial charge in [0.25, 0.3) is 5.91 Å². The first-order chi connectivity index (χ1) is 15.4. The van der Waals surface area contributed by atoms with Gasteiger partial charge in [-0.25, -0.2) is 18.1 Å². The molecule has 1 fully saturated rings. The van der Waals surface area contributed by atoms with Gasteiger partial charge in [0.2, 0.25) is 10.0 Å². The van der Waals surface area contributed by atoms with Crippen LogP contribution in [0.15, 0.2) is 53.4 Å². The predicted octanol–water partition coefficient (Wildman–Crippen LogP) is 4.60. The second-order valence-corrected chi connectivity index (χ2v) is 10.4. The van der Waals surface area contributed by atoms with Gasteiger partial charge >= 0.3 is 0 Å². The van der Waals surface area contributed by atoms with Crippen molar-refractivity contribution >= 4 is 32.4 Å². The molecule has 1 aliphatic carbocycles. The van der Waals surface area contributed by atoms with Gasteiger partial charge in [-0.05, 0) is 43.5 Å². The van der Waals surface area contributed by atoms with Crippen LogP contribution in [0.3, 0.4) is 0 Å². The summed E-state index contributed by atoms with van der Waals surface area (Å²) in [5, 5.41) is 3.25. The van der Waals surface area contributed by atoms with E-state index in [1.165, 1.54) is 30.6 Å². The van der Waals surface area contributed by atoms with E-state index < -0.39 is 15.9 Å². The number of methoxy groups -OCH3 is 1. The molecule has 9 heteroatoms. The highest BCUT2D eigenvalue weighted by Crippen LogP contribution is 2.33. The SMILES string of the molecule is COc1ccc(C(=O)Nc2nc(C)c(-c3ccccc3)s2)cc1S(=O)(=O)NC1CCCC1. The van der Waals surface area contributed by atoms with Crippen LogP contribution in [0.5, 0.6) is 5.75 Å². The lowest BCUT2D eigenvalue weighted by atomic mass is 10.2. The number of nitrogens with one attached hydrogen (secondary N) is 2. The van der Waals surface area contributed by atoms with Crippen molar-refractivity contribution in [3.63, 3.8) is 0 Å². The number of nitrogens with zero attached hydrogens (tertiary/aromatic N) is 1. The molecule has 3 aromatic rings. The quantitative estimate of drug-likeness (QED) is 0.525. The minimum Gasteiger partial charge on any atom is -0.495 e. The molecule has 0 radical (unpaired) electrons. The number of amides is 1. The van der Waals surface area contributed by atoms with Crippen LogP contribution in [0.1, 0.15) is 41.7 Å². The minimum atomic E-state index is -3.82. The fourth-order valence-electron chi connectivity index (χ4n) is 3.83. The highest BCUT2D eigenvalue weighted by Gasteiger charge is 2.27. The van der Waals surface area contributed by atoms with Gasteiger partial charge in [0, 0.05) is 11.6 Å². The molecule has 0 spiro atoms. The molecular formula is C23H25N3O4S2. The number of benzene rings is 2. The van der Waals surface area contributed by atoms with E-state index in [9.17, 15) is 13.2 Å². The Morgan fingerprint density at radius 3 is 2.53 bits per heavy atom. The number of aromatic nitrogens is 1. The van der Waals surface area contributed by atoms with Gasteiger partial charge in [0.15, 0.2) is 5.13 Å². The number of hydrogen-bond donors (Lipinski definition) is 2. The highest BCUT2D eigenvalue weighted by molar-refractivity contribution is 7.89. The first-order valence-corrected chi connectivity index (χ1v) is 12.7. The summed E-state index contributed by atoms with van der Waals surface area (Å²) in [6.45, 7) is 1.89. The lowest BCUT2D eigenvalue weighted by Crippen LogP contribution is -2.33. The summed E-state index contributed by atoms with van der Waals surface area (Å²) in [7, 11) is -2.41. The molecular weight excluding hydrogens is 446 g/mol. The van der Waals surface area contributed by atoms with E-state index in [0.29, 0.717) is 5.13 Å². The maximum Gasteiger partial charge on any atom is 0.257 e. The van der Waals surface area contributed by atoms with Crippen molar-refractivity contribution in [2.75, 3.05) is 12.4 Å². The third kappa shape index (κ3) is 4.85. The molecule has 0 unspecified atom stereocenters. The van der Waals surface area contributed by atoms with Crippen molar-refractivity contribution in [2.24, 2.45) is 0 Å². The number of sulfonamides is 1. The monoisotopic (exact) mass is 471 g/mol. The van der Waals surface area contributed by atoms with Crippen molar-refractivity contribution in [1.29, 1.82) is 0 Å². The van der Waals surface area contributed by atoms with Crippen molar-refractivity contribution < 1.29 is 17.9 Å². The maximum absolute atomic E-state index is 13.0. The Labute approximate surface area is 191 Å². The zero-order valence-corrected chi connectivity index (χ0v) is 19.6. The molecule has 0 aliphatic heterocycles. The Kier molecular flexibility index (Phi) is 6.59. The Morgan fingerprint density at radius 2 is 1.84 bits per heavy atom. The van der Waals surface area contributed by atoms with Crippen LogP contribution in [0.25, 0.3) is 10.4 Å². The van der Waals surface area contributed by atoms with Gasteiger partial charge in [-0.3, -0.25) is 10.1 Å². The van der Waals surface area contributed by atoms with E-state index in [0.717, 1.165) is 41.8 Å². The Morgan fingerprint density at radius 1 is 1.12 bits per heavy atom. The molecule has 0 bridgehead atoms. The predicted molar refractivity (Wildman–Crippen MR) is 126 cm³/mol. The fourth-order valence-corrected chi connectivity index (χ4v) is 6.30. The summed E-state index contributed by atoms with van der Waals surface area (Å²) in [6.07, 6.45) is 3.64. The van der Waals surface area contributed by atoms with Crippen LogP contribution >= 0.6 is 11.3 Å². The number of hydrogen-bond acceptors (Lipinski definition) is 6. The summed E-state index contributed by atoms with van der Waals surface area (Å²) >= 11 is 1.38. The van der Waals surface area contributed by atoms with E-state index >= 15 is 0 Å². The first-order valence-electron chi connectivity index (χ1n) is 10.4. The lowest BCUT2D eigenvalue weighted by Gasteiger charge is -2.15. The molecule has 2 N–H and O–H groups in total. The van der Waals surface area contributed by atoms with Crippen LogP contribution in [-0.4, -0.2) is 32.5 Å². The van der Waals surface area contributed by atoms with Gasteiger partial charge in [0.1, 0.15) is 10.6 Å². The first kappa shape index (κ1) is 22.4. The summed E-state index contributed by atoms with van der Waals surface area (Å²) < 4.78 is 33.9. The minimum absolute atomic E-state index is 0.0418. The zero-order valence-electron chi connectivity index (χ0n) is 17.9. The van der Waals surface area contributed by atoms with Crippen molar-refractivity contribution in [1.82, 2.24) is 9.71 Å². The fraction of sp³-hybridized carbons (Fsp3) is 0.304. The van der Waals surface area contributed by atoms with Crippen LogP contribution in [0.2, 0.25) is 0 Å². The molecule has 32 heavy (non-hydrogen) atoms. The lowest BCUT2D eigenvalue weighted by molar-refractivity contribution is 0.102. The molecule has 1 heterocycles. The third-order valence-electron chi connectivity index (χ3n) is 5.45.